The van der Waals surface area contributed by atoms with Crippen molar-refractivity contribution in [2.24, 2.45) is 0 Å². The van der Waals surface area contributed by atoms with Crippen LogP contribution in [0.25, 0.3) is 21.6 Å². The lowest BCUT2D eigenvalue weighted by Crippen LogP contribution is -2.39. The Hall–Kier alpha value is -3.07. The second-order valence-electron chi connectivity index (χ2n) is 7.25. The summed E-state index contributed by atoms with van der Waals surface area (Å²) < 4.78 is 13.6. The molecule has 1 N–H and O–H groups in total. The highest BCUT2D eigenvalue weighted by Crippen LogP contribution is 2.27. The third-order valence-electron chi connectivity index (χ3n) is 5.44. The zero-order valence-electron chi connectivity index (χ0n) is 15.8. The number of tetrazole rings is 1. The quantitative estimate of drug-likeness (QED) is 0.557. The number of carbonyl (C=O) groups excluding carboxylic acids is 1. The molecule has 1 aliphatic heterocycles. The third kappa shape index (κ3) is 3.21. The van der Waals surface area contributed by atoms with Crippen molar-refractivity contribution in [3.8, 4) is 10.7 Å². The van der Waals surface area contributed by atoms with Crippen LogP contribution in [0.4, 0.5) is 4.39 Å². The topological polar surface area (TPSA) is 79.7 Å². The van der Waals surface area contributed by atoms with Crippen molar-refractivity contribution < 1.29 is 9.18 Å². The van der Waals surface area contributed by atoms with Crippen molar-refractivity contribution >= 4 is 28.1 Å². The lowest BCUT2D eigenvalue weighted by atomic mass is 10.1. The molecule has 3 aromatic heterocycles. The number of nitrogens with zero attached hydrogens (tertiary/aromatic N) is 5. The predicted molar refractivity (Wildman–Crippen MR) is 108 cm³/mol. The fourth-order valence-corrected chi connectivity index (χ4v) is 4.61. The van der Waals surface area contributed by atoms with Gasteiger partial charge in [0.15, 0.2) is 0 Å². The molecule has 0 radical (unpaired) electrons. The molecule has 1 aromatic carbocycles. The monoisotopic (exact) mass is 410 g/mol. The SMILES string of the molecule is Cc1c(C(=O)N2CCC[C@H]2Cn2nnc(-c3cccs3)n2)[nH]c2ccc(F)cc12. The molecule has 4 aromatic rings. The number of rotatable bonds is 4. The van der Waals surface area contributed by atoms with E-state index in [1.807, 2.05) is 29.3 Å². The Bertz CT molecular complexity index is 1180. The molecule has 0 saturated carbocycles. The van der Waals surface area contributed by atoms with Gasteiger partial charge >= 0.3 is 0 Å². The average molecular weight is 410 g/mol. The first-order valence-electron chi connectivity index (χ1n) is 9.50. The molecule has 1 amide bonds. The van der Waals surface area contributed by atoms with Gasteiger partial charge < -0.3 is 9.88 Å². The highest BCUT2D eigenvalue weighted by Gasteiger charge is 2.32. The molecule has 0 aliphatic carbocycles. The van der Waals surface area contributed by atoms with Crippen molar-refractivity contribution in [1.82, 2.24) is 30.1 Å². The maximum absolute atomic E-state index is 13.6. The number of thiophene rings is 1. The van der Waals surface area contributed by atoms with Crippen LogP contribution in [-0.2, 0) is 6.54 Å². The van der Waals surface area contributed by atoms with Crippen LogP contribution in [0.3, 0.4) is 0 Å². The summed E-state index contributed by atoms with van der Waals surface area (Å²) in [4.78, 5) is 20.8. The molecule has 1 aliphatic rings. The highest BCUT2D eigenvalue weighted by atomic mass is 32.1. The molecule has 29 heavy (non-hydrogen) atoms. The van der Waals surface area contributed by atoms with Gasteiger partial charge in [-0.1, -0.05) is 6.07 Å². The molecular formula is C20H19FN6OS. The van der Waals surface area contributed by atoms with Crippen LogP contribution in [0, 0.1) is 12.7 Å². The molecule has 9 heteroatoms. The van der Waals surface area contributed by atoms with Gasteiger partial charge in [0.2, 0.25) is 5.82 Å². The first-order valence-corrected chi connectivity index (χ1v) is 10.4. The Morgan fingerprint density at radius 2 is 2.28 bits per heavy atom. The molecule has 1 saturated heterocycles. The van der Waals surface area contributed by atoms with E-state index in [9.17, 15) is 9.18 Å². The Labute approximate surface area is 170 Å². The van der Waals surface area contributed by atoms with Crippen LogP contribution < -0.4 is 0 Å². The summed E-state index contributed by atoms with van der Waals surface area (Å²) in [5.74, 6) is 0.223. The Morgan fingerprint density at radius 3 is 3.10 bits per heavy atom. The van der Waals surface area contributed by atoms with Gasteiger partial charge in [0, 0.05) is 17.4 Å². The maximum Gasteiger partial charge on any atom is 0.270 e. The van der Waals surface area contributed by atoms with Gasteiger partial charge in [0.25, 0.3) is 5.91 Å². The summed E-state index contributed by atoms with van der Waals surface area (Å²) >= 11 is 1.57. The number of benzene rings is 1. The van der Waals surface area contributed by atoms with Gasteiger partial charge in [-0.15, -0.1) is 21.5 Å². The second-order valence-corrected chi connectivity index (χ2v) is 8.20. The lowest BCUT2D eigenvalue weighted by Gasteiger charge is -2.24. The number of amides is 1. The number of hydrogen-bond acceptors (Lipinski definition) is 5. The largest absolute Gasteiger partial charge is 0.350 e. The smallest absolute Gasteiger partial charge is 0.270 e. The van der Waals surface area contributed by atoms with Gasteiger partial charge in [-0.3, -0.25) is 4.79 Å². The van der Waals surface area contributed by atoms with E-state index in [4.69, 9.17) is 0 Å². The number of nitrogens with one attached hydrogen (secondary N) is 1. The number of carbonyl (C=O) groups is 1. The van der Waals surface area contributed by atoms with E-state index in [-0.39, 0.29) is 17.8 Å². The molecule has 0 spiro atoms. The number of aromatic nitrogens is 5. The van der Waals surface area contributed by atoms with Gasteiger partial charge in [-0.05, 0) is 60.2 Å². The van der Waals surface area contributed by atoms with Gasteiger partial charge in [0.1, 0.15) is 11.5 Å². The summed E-state index contributed by atoms with van der Waals surface area (Å²) in [6, 6.07) is 8.43. The van der Waals surface area contributed by atoms with Crippen molar-refractivity contribution in [2.45, 2.75) is 32.4 Å². The molecular weight excluding hydrogens is 391 g/mol. The number of aryl methyl sites for hydroxylation is 1. The number of fused-ring (bicyclic) bond motifs is 1. The average Bonchev–Trinajstić information content (AvgIpc) is 3.49. The molecule has 0 bridgehead atoms. The Kier molecular flexibility index (Phi) is 4.39. The third-order valence-corrected chi connectivity index (χ3v) is 6.31. The highest BCUT2D eigenvalue weighted by molar-refractivity contribution is 7.13. The summed E-state index contributed by atoms with van der Waals surface area (Å²) in [6.45, 7) is 3.03. The minimum absolute atomic E-state index is 0.00423. The molecule has 4 heterocycles. The van der Waals surface area contributed by atoms with Crippen molar-refractivity contribution in [3.63, 3.8) is 0 Å². The van der Waals surface area contributed by atoms with E-state index < -0.39 is 0 Å². The van der Waals surface area contributed by atoms with E-state index >= 15 is 0 Å². The normalized spacial score (nSPS) is 16.8. The summed E-state index contributed by atoms with van der Waals surface area (Å²) in [5, 5.41) is 15.5. The first kappa shape index (κ1) is 18.0. The fourth-order valence-electron chi connectivity index (χ4n) is 3.96. The minimum atomic E-state index is -0.309. The van der Waals surface area contributed by atoms with Crippen LogP contribution in [0.5, 0.6) is 0 Å². The molecule has 1 fully saturated rings. The number of H-pyrrole nitrogens is 1. The number of hydrogen-bond donors (Lipinski definition) is 1. The zero-order valence-corrected chi connectivity index (χ0v) is 16.6. The fraction of sp³-hybridized carbons (Fsp3) is 0.300. The van der Waals surface area contributed by atoms with Crippen molar-refractivity contribution in [1.29, 1.82) is 0 Å². The molecule has 5 rings (SSSR count). The summed E-state index contributed by atoms with van der Waals surface area (Å²) in [7, 11) is 0. The van der Waals surface area contributed by atoms with E-state index in [2.05, 4.69) is 20.4 Å². The van der Waals surface area contributed by atoms with Gasteiger partial charge in [-0.2, -0.15) is 4.80 Å². The molecule has 0 unspecified atom stereocenters. The number of aromatic amines is 1. The van der Waals surface area contributed by atoms with Crippen LogP contribution >= 0.6 is 11.3 Å². The van der Waals surface area contributed by atoms with E-state index in [1.165, 1.54) is 12.1 Å². The molecule has 1 atom stereocenters. The van der Waals surface area contributed by atoms with Crippen LogP contribution in [0.1, 0.15) is 28.9 Å². The van der Waals surface area contributed by atoms with E-state index in [1.54, 1.807) is 22.2 Å². The first-order chi connectivity index (χ1) is 14.1. The van der Waals surface area contributed by atoms with Crippen LogP contribution in [0.2, 0.25) is 0 Å². The zero-order chi connectivity index (χ0) is 20.0. The second kappa shape index (κ2) is 7.07. The minimum Gasteiger partial charge on any atom is -0.350 e. The van der Waals surface area contributed by atoms with Gasteiger partial charge in [-0.25, -0.2) is 4.39 Å². The summed E-state index contributed by atoms with van der Waals surface area (Å²) in [5.41, 5.74) is 2.05. The lowest BCUT2D eigenvalue weighted by molar-refractivity contribution is 0.0712. The van der Waals surface area contributed by atoms with E-state index in [0.717, 1.165) is 34.2 Å². The van der Waals surface area contributed by atoms with Gasteiger partial charge in [0.05, 0.1) is 17.5 Å². The maximum atomic E-state index is 13.6. The predicted octanol–water partition coefficient (Wildman–Crippen LogP) is 3.64. The number of halogens is 1. The van der Waals surface area contributed by atoms with Crippen LogP contribution in [-0.4, -0.2) is 48.6 Å². The van der Waals surface area contributed by atoms with Crippen molar-refractivity contribution in [3.05, 3.63) is 52.8 Å². The Morgan fingerprint density at radius 1 is 1.38 bits per heavy atom. The van der Waals surface area contributed by atoms with Crippen LogP contribution in [0.15, 0.2) is 35.7 Å². The molecule has 7 nitrogen and oxygen atoms in total. The molecule has 148 valence electrons. The van der Waals surface area contributed by atoms with E-state index in [0.29, 0.717) is 24.6 Å². The Balaban J connectivity index is 1.38. The summed E-state index contributed by atoms with van der Waals surface area (Å²) in [6.07, 6.45) is 1.81. The standard InChI is InChI=1S/C20H19FN6OS/c1-12-15-10-13(21)6-7-16(15)22-18(12)20(28)26-8-2-4-14(26)11-27-24-19(23-25-27)17-5-3-9-29-17/h3,5-7,9-10,14,22H,2,4,8,11H2,1H3/t14-/m0/s1. The number of likely N-dealkylation sites (tertiary alicyclic amines) is 1. The van der Waals surface area contributed by atoms with Crippen molar-refractivity contribution in [2.75, 3.05) is 6.54 Å².